The molecular formula is C20H34N4O2. The zero-order chi connectivity index (χ0) is 18.8. The van der Waals surface area contributed by atoms with Crippen LogP contribution in [0.2, 0.25) is 0 Å². The van der Waals surface area contributed by atoms with Gasteiger partial charge in [0.1, 0.15) is 0 Å². The third-order valence-electron chi connectivity index (χ3n) is 4.35. The van der Waals surface area contributed by atoms with Gasteiger partial charge in [-0.1, -0.05) is 24.3 Å². The number of nitrogens with one attached hydrogen (secondary N) is 2. The van der Waals surface area contributed by atoms with Gasteiger partial charge in [-0.2, -0.15) is 0 Å². The zero-order valence-electron chi connectivity index (χ0n) is 16.6. The number of rotatable bonds is 8. The Hall–Kier alpha value is -1.63. The molecule has 0 aromatic heterocycles. The van der Waals surface area contributed by atoms with Gasteiger partial charge in [-0.25, -0.2) is 0 Å². The van der Waals surface area contributed by atoms with E-state index in [-0.39, 0.29) is 0 Å². The molecule has 1 heterocycles. The van der Waals surface area contributed by atoms with Gasteiger partial charge in [-0.05, 0) is 31.9 Å². The molecule has 1 saturated heterocycles. The normalized spacial score (nSPS) is 21.6. The average molecular weight is 363 g/mol. The highest BCUT2D eigenvalue weighted by atomic mass is 16.5. The van der Waals surface area contributed by atoms with Crippen LogP contribution >= 0.6 is 0 Å². The monoisotopic (exact) mass is 362 g/mol. The van der Waals surface area contributed by atoms with Crippen LogP contribution < -0.4 is 10.6 Å². The molecule has 0 saturated carbocycles. The van der Waals surface area contributed by atoms with Crippen molar-refractivity contribution in [2.45, 2.75) is 46.1 Å². The van der Waals surface area contributed by atoms with Gasteiger partial charge in [-0.15, -0.1) is 0 Å². The molecule has 146 valence electrons. The standard InChI is InChI=1S/C20H34N4O2/c1-5-25-11-10-22-20(21-4)23-12-18-6-8-19(9-7-18)15-24-13-16(2)26-17(3)14-24/h6-9,16-17H,5,10-15H2,1-4H3,(H2,21,22,23). The Morgan fingerprint density at radius 1 is 1.15 bits per heavy atom. The zero-order valence-corrected chi connectivity index (χ0v) is 16.6. The van der Waals surface area contributed by atoms with Crippen LogP contribution in [0.25, 0.3) is 0 Å². The molecule has 2 unspecified atom stereocenters. The molecule has 1 aromatic carbocycles. The fraction of sp³-hybridized carbons (Fsp3) is 0.650. The Labute approximate surface area is 158 Å². The van der Waals surface area contributed by atoms with Crippen molar-refractivity contribution in [2.75, 3.05) is 39.9 Å². The number of hydrogen-bond acceptors (Lipinski definition) is 4. The number of guanidine groups is 1. The first-order valence-corrected chi connectivity index (χ1v) is 9.58. The van der Waals surface area contributed by atoms with Crippen LogP contribution in [-0.2, 0) is 22.6 Å². The summed E-state index contributed by atoms with van der Waals surface area (Å²) in [5.74, 6) is 0.796. The predicted molar refractivity (Wildman–Crippen MR) is 106 cm³/mol. The maximum Gasteiger partial charge on any atom is 0.191 e. The Balaban J connectivity index is 1.76. The minimum absolute atomic E-state index is 0.309. The largest absolute Gasteiger partial charge is 0.380 e. The number of benzene rings is 1. The molecule has 0 bridgehead atoms. The third kappa shape index (κ3) is 7.32. The van der Waals surface area contributed by atoms with E-state index in [1.165, 1.54) is 11.1 Å². The van der Waals surface area contributed by atoms with Crippen molar-refractivity contribution in [3.8, 4) is 0 Å². The first-order chi connectivity index (χ1) is 12.6. The van der Waals surface area contributed by atoms with Crippen molar-refractivity contribution in [1.29, 1.82) is 0 Å². The lowest BCUT2D eigenvalue weighted by atomic mass is 10.1. The second-order valence-corrected chi connectivity index (χ2v) is 6.82. The molecule has 6 heteroatoms. The van der Waals surface area contributed by atoms with E-state index in [9.17, 15) is 0 Å². The van der Waals surface area contributed by atoms with Gasteiger partial charge in [0.2, 0.25) is 0 Å². The van der Waals surface area contributed by atoms with Crippen LogP contribution in [0.3, 0.4) is 0 Å². The molecule has 1 aromatic rings. The van der Waals surface area contributed by atoms with Crippen LogP contribution in [0.5, 0.6) is 0 Å². The molecule has 1 aliphatic heterocycles. The quantitative estimate of drug-likeness (QED) is 0.421. The van der Waals surface area contributed by atoms with Gasteiger partial charge >= 0.3 is 0 Å². The molecule has 26 heavy (non-hydrogen) atoms. The molecule has 6 nitrogen and oxygen atoms in total. The fourth-order valence-corrected chi connectivity index (χ4v) is 3.23. The molecule has 0 amide bonds. The highest BCUT2D eigenvalue weighted by Crippen LogP contribution is 2.14. The van der Waals surface area contributed by atoms with Crippen LogP contribution in [0.1, 0.15) is 31.9 Å². The lowest BCUT2D eigenvalue weighted by molar-refractivity contribution is -0.0704. The van der Waals surface area contributed by atoms with Crippen LogP contribution in [-0.4, -0.2) is 63.0 Å². The van der Waals surface area contributed by atoms with Crippen molar-refractivity contribution < 1.29 is 9.47 Å². The van der Waals surface area contributed by atoms with Gasteiger partial charge in [0.25, 0.3) is 0 Å². The average Bonchev–Trinajstić information content (AvgIpc) is 2.61. The molecule has 2 N–H and O–H groups in total. The molecular weight excluding hydrogens is 328 g/mol. The van der Waals surface area contributed by atoms with E-state index in [2.05, 4.69) is 58.6 Å². The molecule has 1 aliphatic rings. The fourth-order valence-electron chi connectivity index (χ4n) is 3.23. The Bertz CT molecular complexity index is 537. The molecule has 1 fully saturated rings. The van der Waals surface area contributed by atoms with Gasteiger partial charge in [-0.3, -0.25) is 9.89 Å². The van der Waals surface area contributed by atoms with Crippen LogP contribution in [0.4, 0.5) is 0 Å². The molecule has 0 spiro atoms. The summed E-state index contributed by atoms with van der Waals surface area (Å²) >= 11 is 0. The van der Waals surface area contributed by atoms with Gasteiger partial charge < -0.3 is 20.1 Å². The molecule has 2 atom stereocenters. The maximum atomic E-state index is 5.80. The predicted octanol–water partition coefficient (Wildman–Crippen LogP) is 2.00. The highest BCUT2D eigenvalue weighted by molar-refractivity contribution is 5.79. The van der Waals surface area contributed by atoms with Crippen molar-refractivity contribution in [2.24, 2.45) is 4.99 Å². The van der Waals surface area contributed by atoms with E-state index in [0.717, 1.165) is 45.3 Å². The summed E-state index contributed by atoms with van der Waals surface area (Å²) in [5, 5.41) is 6.58. The van der Waals surface area contributed by atoms with E-state index < -0.39 is 0 Å². The lowest BCUT2D eigenvalue weighted by Gasteiger charge is -2.35. The van der Waals surface area contributed by atoms with Gasteiger partial charge in [0.05, 0.1) is 18.8 Å². The summed E-state index contributed by atoms with van der Waals surface area (Å²) in [5.41, 5.74) is 2.58. The second-order valence-electron chi connectivity index (χ2n) is 6.82. The smallest absolute Gasteiger partial charge is 0.191 e. The summed E-state index contributed by atoms with van der Waals surface area (Å²) in [7, 11) is 1.78. The van der Waals surface area contributed by atoms with E-state index >= 15 is 0 Å². The first kappa shape index (κ1) is 20.7. The van der Waals surface area contributed by atoms with Crippen molar-refractivity contribution >= 4 is 5.96 Å². The number of ether oxygens (including phenoxy) is 2. The highest BCUT2D eigenvalue weighted by Gasteiger charge is 2.21. The summed E-state index contributed by atoms with van der Waals surface area (Å²) in [6.45, 7) is 12.2. The number of morpholine rings is 1. The Morgan fingerprint density at radius 3 is 2.42 bits per heavy atom. The summed E-state index contributed by atoms with van der Waals surface area (Å²) in [4.78, 5) is 6.70. The Morgan fingerprint density at radius 2 is 1.81 bits per heavy atom. The van der Waals surface area contributed by atoms with Crippen molar-refractivity contribution in [3.05, 3.63) is 35.4 Å². The molecule has 0 radical (unpaired) electrons. The van der Waals surface area contributed by atoms with E-state index in [4.69, 9.17) is 9.47 Å². The van der Waals surface area contributed by atoms with Gasteiger partial charge in [0, 0.05) is 46.4 Å². The van der Waals surface area contributed by atoms with E-state index in [1.54, 1.807) is 7.05 Å². The minimum Gasteiger partial charge on any atom is -0.380 e. The molecule has 0 aliphatic carbocycles. The second kappa shape index (κ2) is 11.2. The third-order valence-corrected chi connectivity index (χ3v) is 4.35. The lowest BCUT2D eigenvalue weighted by Crippen LogP contribution is -2.44. The Kier molecular flexibility index (Phi) is 8.88. The molecule has 2 rings (SSSR count). The SMILES string of the molecule is CCOCCNC(=NC)NCc1ccc(CN2CC(C)OC(C)C2)cc1. The maximum absolute atomic E-state index is 5.80. The van der Waals surface area contributed by atoms with Gasteiger partial charge in [0.15, 0.2) is 5.96 Å². The number of hydrogen-bond donors (Lipinski definition) is 2. The van der Waals surface area contributed by atoms with Crippen LogP contribution in [0, 0.1) is 0 Å². The number of nitrogens with zero attached hydrogens (tertiary/aromatic N) is 2. The first-order valence-electron chi connectivity index (χ1n) is 9.58. The minimum atomic E-state index is 0.309. The topological polar surface area (TPSA) is 58.1 Å². The van der Waals surface area contributed by atoms with Crippen molar-refractivity contribution in [3.63, 3.8) is 0 Å². The van der Waals surface area contributed by atoms with E-state index in [1.807, 2.05) is 6.92 Å². The number of aliphatic imine (C=N–C) groups is 1. The van der Waals surface area contributed by atoms with Crippen molar-refractivity contribution in [1.82, 2.24) is 15.5 Å². The van der Waals surface area contributed by atoms with E-state index in [0.29, 0.717) is 18.8 Å². The summed E-state index contributed by atoms with van der Waals surface area (Å²) < 4.78 is 11.1. The van der Waals surface area contributed by atoms with Crippen LogP contribution in [0.15, 0.2) is 29.3 Å². The summed E-state index contributed by atoms with van der Waals surface area (Å²) in [6.07, 6.45) is 0.619. The summed E-state index contributed by atoms with van der Waals surface area (Å²) in [6, 6.07) is 8.80.